The molecule has 0 saturated carbocycles. The van der Waals surface area contributed by atoms with Crippen LogP contribution in [-0.4, -0.2) is 17.9 Å². The molecule has 0 aliphatic rings. The predicted octanol–water partition coefficient (Wildman–Crippen LogP) is 3.17. The number of carbonyl (C=O) groups excluding carboxylic acids is 1. The highest BCUT2D eigenvalue weighted by atomic mass is 16.2. The molecule has 20 heavy (non-hydrogen) atoms. The monoisotopic (exact) mass is 263 g/mol. The van der Waals surface area contributed by atoms with Gasteiger partial charge in [0.05, 0.1) is 6.42 Å². The van der Waals surface area contributed by atoms with Gasteiger partial charge in [-0.05, 0) is 36.4 Å². The molecule has 2 aromatic carbocycles. The van der Waals surface area contributed by atoms with E-state index in [4.69, 9.17) is 0 Å². The van der Waals surface area contributed by atoms with Crippen LogP contribution in [0.25, 0.3) is 10.9 Å². The summed E-state index contributed by atoms with van der Waals surface area (Å²) in [5.74, 6) is 0.0618. The molecule has 99 valence electrons. The summed E-state index contributed by atoms with van der Waals surface area (Å²) in [6.07, 6.45) is 0.361. The lowest BCUT2D eigenvalue weighted by atomic mass is 10.2. The quantitative estimate of drug-likeness (QED) is 0.774. The van der Waals surface area contributed by atoms with Crippen molar-refractivity contribution in [3.63, 3.8) is 0 Å². The number of nitrogens with one attached hydrogen (secondary N) is 1. The van der Waals surface area contributed by atoms with Crippen LogP contribution in [0.5, 0.6) is 0 Å². The van der Waals surface area contributed by atoms with E-state index < -0.39 is 0 Å². The zero-order chi connectivity index (χ0) is 13.9. The lowest BCUT2D eigenvalue weighted by Crippen LogP contribution is -2.27. The fourth-order valence-electron chi connectivity index (χ4n) is 2.25. The number of aromatic nitrogens is 1. The van der Waals surface area contributed by atoms with Crippen LogP contribution in [0.4, 0.5) is 5.69 Å². The van der Waals surface area contributed by atoms with E-state index in [0.717, 1.165) is 22.3 Å². The average molecular weight is 263 g/mol. The number of anilines is 1. The van der Waals surface area contributed by atoms with Gasteiger partial charge in [0.1, 0.15) is 0 Å². The molecule has 0 fully saturated rings. The summed E-state index contributed by atoms with van der Waals surface area (Å²) in [7, 11) is 1.80. The van der Waals surface area contributed by atoms with Crippen molar-refractivity contribution in [3.05, 3.63) is 66.4 Å². The van der Waals surface area contributed by atoms with Gasteiger partial charge in [0.15, 0.2) is 0 Å². The van der Waals surface area contributed by atoms with Gasteiger partial charge in [-0.15, -0.1) is 0 Å². The van der Waals surface area contributed by atoms with Gasteiger partial charge in [0.2, 0.25) is 5.91 Å². The number of amides is 1. The lowest BCUT2D eigenvalue weighted by molar-refractivity contribution is -0.117. The normalized spacial score (nSPS) is 10.7. The SMILES string of the molecule is CN(C(=O)Cc1cc2c[c]ccc2[nH]1)c1ccccc1. The highest BCUT2D eigenvalue weighted by Crippen LogP contribution is 2.17. The van der Waals surface area contributed by atoms with Gasteiger partial charge in [-0.1, -0.05) is 24.3 Å². The van der Waals surface area contributed by atoms with Gasteiger partial charge in [0, 0.05) is 29.3 Å². The molecule has 3 nitrogen and oxygen atoms in total. The molecule has 1 heterocycles. The molecule has 0 unspecified atom stereocenters. The summed E-state index contributed by atoms with van der Waals surface area (Å²) in [4.78, 5) is 17.2. The molecule has 1 N–H and O–H groups in total. The second kappa shape index (κ2) is 5.21. The smallest absolute Gasteiger partial charge is 0.232 e. The van der Waals surface area contributed by atoms with Crippen molar-refractivity contribution < 1.29 is 4.79 Å². The van der Waals surface area contributed by atoms with E-state index in [-0.39, 0.29) is 5.91 Å². The molecule has 3 aromatic rings. The van der Waals surface area contributed by atoms with Crippen LogP contribution in [-0.2, 0) is 11.2 Å². The molecule has 0 atom stereocenters. The second-order valence-electron chi connectivity index (χ2n) is 4.77. The summed E-state index contributed by atoms with van der Waals surface area (Å²) in [5.41, 5.74) is 2.86. The molecule has 0 bridgehead atoms. The Hall–Kier alpha value is -2.55. The van der Waals surface area contributed by atoms with Gasteiger partial charge in [-0.25, -0.2) is 0 Å². The number of benzene rings is 2. The van der Waals surface area contributed by atoms with Crippen molar-refractivity contribution in [2.45, 2.75) is 6.42 Å². The van der Waals surface area contributed by atoms with Gasteiger partial charge in [-0.2, -0.15) is 0 Å². The number of aromatic amines is 1. The average Bonchev–Trinajstić information content (AvgIpc) is 2.89. The Balaban J connectivity index is 1.78. The van der Waals surface area contributed by atoms with Gasteiger partial charge in [-0.3, -0.25) is 4.79 Å². The highest BCUT2D eigenvalue weighted by molar-refractivity contribution is 5.94. The third kappa shape index (κ3) is 2.43. The molecule has 1 radical (unpaired) electrons. The number of para-hydroxylation sites is 1. The number of rotatable bonds is 3. The largest absolute Gasteiger partial charge is 0.358 e. The number of hydrogen-bond acceptors (Lipinski definition) is 1. The van der Waals surface area contributed by atoms with Gasteiger partial charge >= 0.3 is 0 Å². The van der Waals surface area contributed by atoms with Crippen LogP contribution < -0.4 is 4.90 Å². The minimum Gasteiger partial charge on any atom is -0.358 e. The van der Waals surface area contributed by atoms with Crippen molar-refractivity contribution in [1.29, 1.82) is 0 Å². The number of nitrogens with zero attached hydrogens (tertiary/aromatic N) is 1. The molecule has 0 aliphatic carbocycles. The molecule has 0 spiro atoms. The predicted molar refractivity (Wildman–Crippen MR) is 80.7 cm³/mol. The Morgan fingerprint density at radius 2 is 2.05 bits per heavy atom. The summed E-state index contributed by atoms with van der Waals surface area (Å²) < 4.78 is 0. The van der Waals surface area contributed by atoms with E-state index >= 15 is 0 Å². The Morgan fingerprint density at radius 3 is 2.80 bits per heavy atom. The van der Waals surface area contributed by atoms with Crippen LogP contribution in [0.3, 0.4) is 0 Å². The minimum atomic E-state index is 0.0618. The maximum atomic E-state index is 12.3. The van der Waals surface area contributed by atoms with Crippen LogP contribution in [0.2, 0.25) is 0 Å². The highest BCUT2D eigenvalue weighted by Gasteiger charge is 2.12. The van der Waals surface area contributed by atoms with Crippen molar-refractivity contribution >= 4 is 22.5 Å². The summed E-state index contributed by atoms with van der Waals surface area (Å²) in [5, 5.41) is 1.08. The summed E-state index contributed by atoms with van der Waals surface area (Å²) >= 11 is 0. The van der Waals surface area contributed by atoms with Crippen molar-refractivity contribution in [1.82, 2.24) is 4.98 Å². The zero-order valence-electron chi connectivity index (χ0n) is 11.3. The third-order valence-electron chi connectivity index (χ3n) is 3.38. The van der Waals surface area contributed by atoms with E-state index in [1.807, 2.05) is 54.6 Å². The first-order valence-electron chi connectivity index (χ1n) is 6.53. The van der Waals surface area contributed by atoms with Crippen LogP contribution >= 0.6 is 0 Å². The third-order valence-corrected chi connectivity index (χ3v) is 3.38. The zero-order valence-corrected chi connectivity index (χ0v) is 11.3. The summed E-state index contributed by atoms with van der Waals surface area (Å²) in [6.45, 7) is 0. The Bertz CT molecular complexity index is 698. The molecule has 3 rings (SSSR count). The van der Waals surface area contributed by atoms with Crippen molar-refractivity contribution in [3.8, 4) is 0 Å². The van der Waals surface area contributed by atoms with E-state index in [9.17, 15) is 4.79 Å². The lowest BCUT2D eigenvalue weighted by Gasteiger charge is -2.16. The molecule has 3 heteroatoms. The van der Waals surface area contributed by atoms with Crippen molar-refractivity contribution in [2.24, 2.45) is 0 Å². The van der Waals surface area contributed by atoms with E-state index in [2.05, 4.69) is 11.1 Å². The van der Waals surface area contributed by atoms with E-state index in [1.165, 1.54) is 0 Å². The number of carbonyl (C=O) groups is 1. The Kier molecular flexibility index (Phi) is 3.25. The standard InChI is InChI=1S/C17H15N2O/c1-19(15-8-3-2-4-9-15)17(20)12-14-11-13-7-5-6-10-16(13)18-14/h2-4,6-11,18H,12H2,1H3. The summed E-state index contributed by atoms with van der Waals surface area (Å²) in [6, 6.07) is 20.4. The van der Waals surface area contributed by atoms with E-state index in [1.54, 1.807) is 11.9 Å². The van der Waals surface area contributed by atoms with Crippen LogP contribution in [0.15, 0.2) is 54.6 Å². The van der Waals surface area contributed by atoms with Crippen molar-refractivity contribution in [2.75, 3.05) is 11.9 Å². The molecule has 0 aliphatic heterocycles. The fraction of sp³-hybridized carbons (Fsp3) is 0.118. The molecular formula is C17H15N2O. The Morgan fingerprint density at radius 1 is 1.25 bits per heavy atom. The maximum absolute atomic E-state index is 12.3. The maximum Gasteiger partial charge on any atom is 0.232 e. The fourth-order valence-corrected chi connectivity index (χ4v) is 2.25. The number of H-pyrrole nitrogens is 1. The topological polar surface area (TPSA) is 36.1 Å². The Labute approximate surface area is 117 Å². The first kappa shape index (κ1) is 12.5. The van der Waals surface area contributed by atoms with Crippen LogP contribution in [0, 0.1) is 6.07 Å². The number of hydrogen-bond donors (Lipinski definition) is 1. The minimum absolute atomic E-state index is 0.0618. The number of likely N-dealkylation sites (N-methyl/N-ethyl adjacent to an activating group) is 1. The van der Waals surface area contributed by atoms with Crippen LogP contribution in [0.1, 0.15) is 5.69 Å². The van der Waals surface area contributed by atoms with Gasteiger partial charge in [0.25, 0.3) is 0 Å². The van der Waals surface area contributed by atoms with Gasteiger partial charge < -0.3 is 9.88 Å². The first-order chi connectivity index (χ1) is 9.74. The second-order valence-corrected chi connectivity index (χ2v) is 4.77. The molecule has 1 amide bonds. The molecular weight excluding hydrogens is 248 g/mol. The number of fused-ring (bicyclic) bond motifs is 1. The van der Waals surface area contributed by atoms with E-state index in [0.29, 0.717) is 6.42 Å². The molecule has 1 aromatic heterocycles. The first-order valence-corrected chi connectivity index (χ1v) is 6.53. The molecule has 0 saturated heterocycles.